The van der Waals surface area contributed by atoms with Gasteiger partial charge in [-0.2, -0.15) is 4.31 Å². The van der Waals surface area contributed by atoms with E-state index in [-0.39, 0.29) is 11.9 Å². The van der Waals surface area contributed by atoms with E-state index < -0.39 is 10.0 Å². The average Bonchev–Trinajstić information content (AvgIpc) is 2.66. The summed E-state index contributed by atoms with van der Waals surface area (Å²) in [6, 6.07) is 7.29. The number of nitrogens with zero attached hydrogens (tertiary/aromatic N) is 2. The molecule has 1 aromatic carbocycles. The zero-order valence-electron chi connectivity index (χ0n) is 17.2. The molecule has 0 aromatic heterocycles. The summed E-state index contributed by atoms with van der Waals surface area (Å²) in [5, 5.41) is 3.21. The first kappa shape index (κ1) is 21.3. The number of hydrogen-bond donors (Lipinski definition) is 1. The topological polar surface area (TPSA) is 69.7 Å². The van der Waals surface area contributed by atoms with E-state index in [1.54, 1.807) is 18.2 Å². The second-order valence-corrected chi connectivity index (χ2v) is 10.4. The zero-order chi connectivity index (χ0) is 20.3. The molecule has 0 unspecified atom stereocenters. The van der Waals surface area contributed by atoms with Gasteiger partial charge in [-0.05, 0) is 42.9 Å². The summed E-state index contributed by atoms with van der Waals surface area (Å²) in [5.74, 6) is 1.21. The van der Waals surface area contributed by atoms with Gasteiger partial charge in [0.25, 0.3) is 0 Å². The molecule has 3 atom stereocenters. The molecular formula is C21H33N3O3S. The second kappa shape index (κ2) is 8.93. The number of benzene rings is 1. The van der Waals surface area contributed by atoms with Crippen LogP contribution in [0.25, 0.3) is 0 Å². The molecule has 6 nitrogen and oxygen atoms in total. The van der Waals surface area contributed by atoms with Crippen molar-refractivity contribution in [1.82, 2.24) is 14.5 Å². The van der Waals surface area contributed by atoms with Gasteiger partial charge in [-0.25, -0.2) is 8.42 Å². The van der Waals surface area contributed by atoms with Crippen LogP contribution in [-0.4, -0.2) is 62.3 Å². The van der Waals surface area contributed by atoms with Crippen LogP contribution in [0, 0.1) is 18.8 Å². The van der Waals surface area contributed by atoms with Gasteiger partial charge in [0.1, 0.15) is 0 Å². The van der Waals surface area contributed by atoms with Crippen LogP contribution in [0.15, 0.2) is 29.2 Å². The fourth-order valence-corrected chi connectivity index (χ4v) is 5.82. The van der Waals surface area contributed by atoms with Gasteiger partial charge < -0.3 is 5.32 Å². The SMILES string of the molecule is Cc1cccc(S(=O)(=O)N2CCN(CC(=O)N[C@@H]3CCC[C@H](C)[C@H]3C)CC2)c1. The summed E-state index contributed by atoms with van der Waals surface area (Å²) in [7, 11) is -3.47. The van der Waals surface area contributed by atoms with Gasteiger partial charge in [0.05, 0.1) is 11.4 Å². The van der Waals surface area contributed by atoms with Crippen molar-refractivity contribution >= 4 is 15.9 Å². The molecule has 1 aromatic rings. The van der Waals surface area contributed by atoms with E-state index in [0.717, 1.165) is 12.0 Å². The van der Waals surface area contributed by atoms with Crippen LogP contribution in [0.1, 0.15) is 38.7 Å². The Balaban J connectivity index is 1.50. The summed E-state index contributed by atoms with van der Waals surface area (Å²) >= 11 is 0. The molecule has 7 heteroatoms. The number of hydrogen-bond acceptors (Lipinski definition) is 4. The molecule has 28 heavy (non-hydrogen) atoms. The predicted octanol–water partition coefficient (Wildman–Crippen LogP) is 2.24. The lowest BCUT2D eigenvalue weighted by atomic mass is 9.78. The van der Waals surface area contributed by atoms with E-state index in [2.05, 4.69) is 24.1 Å². The first-order chi connectivity index (χ1) is 13.3. The van der Waals surface area contributed by atoms with E-state index in [9.17, 15) is 13.2 Å². The standard InChI is InChI=1S/C21H33N3O3S/c1-16-6-4-8-19(14-16)28(26,27)24-12-10-23(11-13-24)15-21(25)22-20-9-5-7-17(2)18(20)3/h4,6,8,14,17-18,20H,5,7,9-13,15H2,1-3H3,(H,22,25)/t17-,18+,20+/m0/s1. The lowest BCUT2D eigenvalue weighted by molar-refractivity contribution is -0.124. The molecule has 1 aliphatic heterocycles. The fraction of sp³-hybridized carbons (Fsp3) is 0.667. The molecule has 2 aliphatic rings. The summed E-state index contributed by atoms with van der Waals surface area (Å²) in [4.78, 5) is 14.9. The first-order valence-electron chi connectivity index (χ1n) is 10.4. The number of piperazine rings is 1. The van der Waals surface area contributed by atoms with Crippen LogP contribution >= 0.6 is 0 Å². The average molecular weight is 408 g/mol. The molecule has 0 bridgehead atoms. The van der Waals surface area contributed by atoms with E-state index >= 15 is 0 Å². The van der Waals surface area contributed by atoms with Gasteiger partial charge in [0, 0.05) is 32.2 Å². The highest BCUT2D eigenvalue weighted by atomic mass is 32.2. The summed E-state index contributed by atoms with van der Waals surface area (Å²) < 4.78 is 27.2. The predicted molar refractivity (Wildman–Crippen MR) is 110 cm³/mol. The van der Waals surface area contributed by atoms with Crippen molar-refractivity contribution in [2.45, 2.75) is 51.0 Å². The number of nitrogens with one attached hydrogen (secondary N) is 1. The van der Waals surface area contributed by atoms with Crippen molar-refractivity contribution in [2.24, 2.45) is 11.8 Å². The summed E-state index contributed by atoms with van der Waals surface area (Å²) in [6.07, 6.45) is 3.47. The Bertz CT molecular complexity index is 788. The van der Waals surface area contributed by atoms with Crippen LogP contribution in [0.2, 0.25) is 0 Å². The van der Waals surface area contributed by atoms with E-state index in [4.69, 9.17) is 0 Å². The summed E-state index contributed by atoms with van der Waals surface area (Å²) in [6.45, 7) is 8.71. The van der Waals surface area contributed by atoms with Crippen molar-refractivity contribution in [3.63, 3.8) is 0 Å². The quantitative estimate of drug-likeness (QED) is 0.813. The third-order valence-electron chi connectivity index (χ3n) is 6.38. The van der Waals surface area contributed by atoms with Crippen molar-refractivity contribution in [3.05, 3.63) is 29.8 Å². The normalized spacial score (nSPS) is 27.5. The second-order valence-electron chi connectivity index (χ2n) is 8.44. The highest BCUT2D eigenvalue weighted by Gasteiger charge is 2.31. The molecule has 1 saturated heterocycles. The van der Waals surface area contributed by atoms with E-state index in [1.165, 1.54) is 17.1 Å². The monoisotopic (exact) mass is 407 g/mol. The minimum atomic E-state index is -3.47. The first-order valence-corrected chi connectivity index (χ1v) is 11.8. The summed E-state index contributed by atoms with van der Waals surface area (Å²) in [5.41, 5.74) is 0.933. The number of sulfonamides is 1. The van der Waals surface area contributed by atoms with Gasteiger partial charge in [0.2, 0.25) is 15.9 Å². The number of carbonyl (C=O) groups is 1. The van der Waals surface area contributed by atoms with Crippen LogP contribution in [0.5, 0.6) is 0 Å². The number of rotatable bonds is 5. The highest BCUT2D eigenvalue weighted by molar-refractivity contribution is 7.89. The Morgan fingerprint density at radius 1 is 1.14 bits per heavy atom. The molecule has 3 rings (SSSR count). The maximum absolute atomic E-state index is 12.8. The molecular weight excluding hydrogens is 374 g/mol. The maximum Gasteiger partial charge on any atom is 0.243 e. The lowest BCUT2D eigenvalue weighted by Gasteiger charge is -2.36. The molecule has 1 saturated carbocycles. The minimum Gasteiger partial charge on any atom is -0.352 e. The van der Waals surface area contributed by atoms with Gasteiger partial charge in [0.15, 0.2) is 0 Å². The third-order valence-corrected chi connectivity index (χ3v) is 8.27. The van der Waals surface area contributed by atoms with Crippen LogP contribution in [0.3, 0.4) is 0 Å². The van der Waals surface area contributed by atoms with Crippen molar-refractivity contribution < 1.29 is 13.2 Å². The van der Waals surface area contributed by atoms with Crippen LogP contribution in [0.4, 0.5) is 0 Å². The van der Waals surface area contributed by atoms with Crippen molar-refractivity contribution in [3.8, 4) is 0 Å². The number of aryl methyl sites for hydroxylation is 1. The van der Waals surface area contributed by atoms with Crippen molar-refractivity contribution in [1.29, 1.82) is 0 Å². The Morgan fingerprint density at radius 3 is 2.54 bits per heavy atom. The maximum atomic E-state index is 12.8. The van der Waals surface area contributed by atoms with E-state index in [1.807, 2.05) is 13.0 Å². The molecule has 1 N–H and O–H groups in total. The zero-order valence-corrected chi connectivity index (χ0v) is 18.0. The third kappa shape index (κ3) is 4.93. The van der Waals surface area contributed by atoms with Crippen LogP contribution in [-0.2, 0) is 14.8 Å². The smallest absolute Gasteiger partial charge is 0.243 e. The Kier molecular flexibility index (Phi) is 6.78. The van der Waals surface area contributed by atoms with Gasteiger partial charge in [-0.3, -0.25) is 9.69 Å². The van der Waals surface area contributed by atoms with E-state index in [0.29, 0.717) is 49.5 Å². The van der Waals surface area contributed by atoms with Crippen molar-refractivity contribution in [2.75, 3.05) is 32.7 Å². The number of carbonyl (C=O) groups excluding carboxylic acids is 1. The van der Waals surface area contributed by atoms with Gasteiger partial charge in [-0.15, -0.1) is 0 Å². The van der Waals surface area contributed by atoms with Gasteiger partial charge in [-0.1, -0.05) is 38.8 Å². The molecule has 2 fully saturated rings. The molecule has 1 heterocycles. The highest BCUT2D eigenvalue weighted by Crippen LogP contribution is 2.29. The lowest BCUT2D eigenvalue weighted by Crippen LogP contribution is -2.52. The largest absolute Gasteiger partial charge is 0.352 e. The fourth-order valence-electron chi connectivity index (χ4n) is 4.29. The molecule has 156 valence electrons. The molecule has 0 radical (unpaired) electrons. The Labute approximate surface area is 169 Å². The molecule has 0 spiro atoms. The molecule has 1 aliphatic carbocycles. The van der Waals surface area contributed by atoms with Gasteiger partial charge >= 0.3 is 0 Å². The van der Waals surface area contributed by atoms with Crippen LogP contribution < -0.4 is 5.32 Å². The Hall–Kier alpha value is -1.44. The number of amides is 1. The molecule has 1 amide bonds. The minimum absolute atomic E-state index is 0.0564. The Morgan fingerprint density at radius 2 is 1.86 bits per heavy atom.